The van der Waals surface area contributed by atoms with E-state index in [4.69, 9.17) is 11.6 Å². The molecule has 0 radical (unpaired) electrons. The van der Waals surface area contributed by atoms with E-state index in [2.05, 4.69) is 0 Å². The highest BCUT2D eigenvalue weighted by atomic mass is 35.5. The lowest BCUT2D eigenvalue weighted by atomic mass is 10.1. The third-order valence-electron chi connectivity index (χ3n) is 2.60. The van der Waals surface area contributed by atoms with E-state index >= 15 is 0 Å². The minimum atomic E-state index is -1.18. The first-order chi connectivity index (χ1) is 7.58. The van der Waals surface area contributed by atoms with Crippen LogP contribution in [0.2, 0.25) is 5.02 Å². The Hall–Kier alpha value is -1.55. The molecule has 0 aliphatic carbocycles. The van der Waals surface area contributed by atoms with E-state index in [-0.39, 0.29) is 18.9 Å². The average Bonchev–Trinajstić information content (AvgIpc) is 2.62. The summed E-state index contributed by atoms with van der Waals surface area (Å²) in [6.07, 6.45) is 0.00492. The third-order valence-corrected chi connectivity index (χ3v) is 2.85. The minimum Gasteiger partial charge on any atom is -0.550 e. The van der Waals surface area contributed by atoms with Crippen molar-refractivity contribution in [3.8, 4) is 0 Å². The average molecular weight is 239 g/mol. The van der Waals surface area contributed by atoms with E-state index in [1.54, 1.807) is 24.3 Å². The van der Waals surface area contributed by atoms with Crippen molar-refractivity contribution in [2.45, 2.75) is 6.42 Å². The molecule has 1 aromatic carbocycles. The van der Waals surface area contributed by atoms with Gasteiger partial charge in [-0.1, -0.05) is 11.6 Å². The van der Waals surface area contributed by atoms with Crippen LogP contribution >= 0.6 is 11.6 Å². The normalized spacial score (nSPS) is 20.2. The van der Waals surface area contributed by atoms with Crippen molar-refractivity contribution >= 4 is 29.2 Å². The molecule has 0 bridgehead atoms. The number of halogens is 1. The number of carbonyl (C=O) groups is 2. The van der Waals surface area contributed by atoms with Crippen molar-refractivity contribution < 1.29 is 14.7 Å². The molecule has 0 saturated carbocycles. The Morgan fingerprint density at radius 1 is 1.38 bits per heavy atom. The molecule has 0 N–H and O–H groups in total. The molecule has 16 heavy (non-hydrogen) atoms. The molecule has 1 fully saturated rings. The maximum atomic E-state index is 11.6. The second kappa shape index (κ2) is 4.14. The maximum absolute atomic E-state index is 11.6. The highest BCUT2D eigenvalue weighted by Crippen LogP contribution is 2.25. The second-order valence-electron chi connectivity index (χ2n) is 3.70. The van der Waals surface area contributed by atoms with Gasteiger partial charge in [-0.05, 0) is 24.3 Å². The summed E-state index contributed by atoms with van der Waals surface area (Å²) in [5, 5.41) is 11.2. The summed E-state index contributed by atoms with van der Waals surface area (Å²) >= 11 is 5.73. The van der Waals surface area contributed by atoms with Crippen LogP contribution in [0.15, 0.2) is 24.3 Å². The largest absolute Gasteiger partial charge is 0.550 e. The van der Waals surface area contributed by atoms with Crippen LogP contribution in [0.5, 0.6) is 0 Å². The summed E-state index contributed by atoms with van der Waals surface area (Å²) < 4.78 is 0. The van der Waals surface area contributed by atoms with E-state index in [0.29, 0.717) is 10.7 Å². The van der Waals surface area contributed by atoms with Crippen molar-refractivity contribution in [2.75, 3.05) is 11.4 Å². The van der Waals surface area contributed by atoms with E-state index in [0.717, 1.165) is 0 Å². The predicted octanol–water partition coefficient (Wildman–Crippen LogP) is 0.443. The number of anilines is 1. The van der Waals surface area contributed by atoms with Crippen LogP contribution in [0.1, 0.15) is 6.42 Å². The molecule has 1 aromatic rings. The number of carbonyl (C=O) groups excluding carboxylic acids is 2. The first-order valence-electron chi connectivity index (χ1n) is 4.84. The Bertz CT molecular complexity index is 429. The summed E-state index contributed by atoms with van der Waals surface area (Å²) in [4.78, 5) is 23.7. The molecular weight excluding hydrogens is 230 g/mol. The van der Waals surface area contributed by atoms with Gasteiger partial charge in [0.25, 0.3) is 0 Å². The highest BCUT2D eigenvalue weighted by molar-refractivity contribution is 6.30. The van der Waals surface area contributed by atoms with Crippen LogP contribution in [-0.2, 0) is 9.59 Å². The number of hydrogen-bond acceptors (Lipinski definition) is 3. The summed E-state index contributed by atoms with van der Waals surface area (Å²) in [5.41, 5.74) is 0.665. The molecule has 2 rings (SSSR count). The van der Waals surface area contributed by atoms with E-state index in [9.17, 15) is 14.7 Å². The molecule has 1 aliphatic rings. The highest BCUT2D eigenvalue weighted by Gasteiger charge is 2.31. The predicted molar refractivity (Wildman–Crippen MR) is 56.9 cm³/mol. The van der Waals surface area contributed by atoms with Gasteiger partial charge in [0.15, 0.2) is 0 Å². The molecule has 5 heteroatoms. The van der Waals surface area contributed by atoms with Crippen LogP contribution in [-0.4, -0.2) is 18.4 Å². The molecule has 1 saturated heterocycles. The molecule has 0 spiro atoms. The number of amides is 1. The zero-order chi connectivity index (χ0) is 11.7. The number of hydrogen-bond donors (Lipinski definition) is 0. The minimum absolute atomic E-state index is 0.00492. The monoisotopic (exact) mass is 238 g/mol. The lowest BCUT2D eigenvalue weighted by molar-refractivity contribution is -0.310. The van der Waals surface area contributed by atoms with Crippen molar-refractivity contribution in [1.29, 1.82) is 0 Å². The van der Waals surface area contributed by atoms with Gasteiger partial charge >= 0.3 is 0 Å². The van der Waals surface area contributed by atoms with Crippen molar-refractivity contribution in [3.05, 3.63) is 29.3 Å². The summed E-state index contributed by atoms with van der Waals surface area (Å²) in [7, 11) is 0. The number of aliphatic carboxylic acids is 1. The van der Waals surface area contributed by atoms with Crippen LogP contribution in [0.25, 0.3) is 0 Å². The summed E-state index contributed by atoms with van der Waals surface area (Å²) in [6, 6.07) is 6.71. The first-order valence-corrected chi connectivity index (χ1v) is 5.22. The quantitative estimate of drug-likeness (QED) is 0.751. The second-order valence-corrected chi connectivity index (χ2v) is 4.14. The SMILES string of the molecule is O=C([O-])C1CC(=O)N(c2ccc(Cl)cc2)C1. The fourth-order valence-electron chi connectivity index (χ4n) is 1.74. The molecule has 1 amide bonds. The zero-order valence-corrected chi connectivity index (χ0v) is 9.11. The summed E-state index contributed by atoms with van der Waals surface area (Å²) in [5.74, 6) is -2.09. The fraction of sp³-hybridized carbons (Fsp3) is 0.273. The molecule has 84 valence electrons. The van der Waals surface area contributed by atoms with Gasteiger partial charge in [-0.15, -0.1) is 0 Å². The Balaban J connectivity index is 2.20. The Morgan fingerprint density at radius 3 is 2.50 bits per heavy atom. The Labute approximate surface area is 97.4 Å². The van der Waals surface area contributed by atoms with Gasteiger partial charge in [0, 0.05) is 35.6 Å². The molecule has 4 nitrogen and oxygen atoms in total. The summed E-state index contributed by atoms with van der Waals surface area (Å²) in [6.45, 7) is 0.169. The smallest absolute Gasteiger partial charge is 0.227 e. The first kappa shape index (κ1) is 11.0. The number of nitrogens with zero attached hydrogens (tertiary/aromatic N) is 1. The van der Waals surface area contributed by atoms with Crippen molar-refractivity contribution in [2.24, 2.45) is 5.92 Å². The Kier molecular flexibility index (Phi) is 2.83. The van der Waals surface area contributed by atoms with Crippen LogP contribution in [0.3, 0.4) is 0 Å². The fourth-order valence-corrected chi connectivity index (χ4v) is 1.86. The molecule has 0 aromatic heterocycles. The van der Waals surface area contributed by atoms with Gasteiger partial charge in [0.05, 0.1) is 0 Å². The van der Waals surface area contributed by atoms with E-state index in [1.807, 2.05) is 0 Å². The molecule has 1 unspecified atom stereocenters. The van der Waals surface area contributed by atoms with Gasteiger partial charge in [-0.2, -0.15) is 0 Å². The number of rotatable bonds is 2. The van der Waals surface area contributed by atoms with Gasteiger partial charge in [-0.25, -0.2) is 0 Å². The van der Waals surface area contributed by atoms with Crippen LogP contribution in [0.4, 0.5) is 5.69 Å². The van der Waals surface area contributed by atoms with Crippen LogP contribution in [0, 0.1) is 5.92 Å². The lowest BCUT2D eigenvalue weighted by Gasteiger charge is -2.17. The van der Waals surface area contributed by atoms with E-state index < -0.39 is 11.9 Å². The zero-order valence-electron chi connectivity index (χ0n) is 8.35. The number of carboxylic acid groups (broad SMARTS) is 1. The molecule has 1 heterocycles. The van der Waals surface area contributed by atoms with E-state index in [1.165, 1.54) is 4.90 Å². The lowest BCUT2D eigenvalue weighted by Crippen LogP contribution is -2.33. The molecule has 1 atom stereocenters. The van der Waals surface area contributed by atoms with Crippen molar-refractivity contribution in [1.82, 2.24) is 0 Å². The number of carboxylic acids is 1. The standard InChI is InChI=1S/C11H10ClNO3/c12-8-1-3-9(4-2-8)13-6-7(11(15)16)5-10(13)14/h1-4,7H,5-6H2,(H,15,16)/p-1. The molecule has 1 aliphatic heterocycles. The van der Waals surface area contributed by atoms with Gasteiger partial charge < -0.3 is 14.8 Å². The van der Waals surface area contributed by atoms with Crippen LogP contribution < -0.4 is 10.0 Å². The topological polar surface area (TPSA) is 60.4 Å². The van der Waals surface area contributed by atoms with Crippen molar-refractivity contribution in [3.63, 3.8) is 0 Å². The third kappa shape index (κ3) is 2.02. The Morgan fingerprint density at radius 2 is 2.00 bits per heavy atom. The number of benzene rings is 1. The van der Waals surface area contributed by atoms with Gasteiger partial charge in [-0.3, -0.25) is 4.79 Å². The van der Waals surface area contributed by atoms with Gasteiger partial charge in [0.1, 0.15) is 0 Å². The van der Waals surface area contributed by atoms with Gasteiger partial charge in [0.2, 0.25) is 5.91 Å². The molecular formula is C11H9ClNO3-. The maximum Gasteiger partial charge on any atom is 0.227 e.